The van der Waals surface area contributed by atoms with E-state index >= 15 is 0 Å². The van der Waals surface area contributed by atoms with Gasteiger partial charge in [-0.2, -0.15) is 5.10 Å². The van der Waals surface area contributed by atoms with Gasteiger partial charge in [-0.3, -0.25) is 14.5 Å². The molecule has 1 aromatic carbocycles. The maximum atomic E-state index is 13.6. The zero-order valence-corrected chi connectivity index (χ0v) is 14.2. The number of amides is 1. The van der Waals surface area contributed by atoms with Gasteiger partial charge in [-0.05, 0) is 42.7 Å². The van der Waals surface area contributed by atoms with E-state index in [0.717, 1.165) is 30.5 Å². The van der Waals surface area contributed by atoms with Crippen molar-refractivity contribution in [3.05, 3.63) is 78.0 Å². The number of pyridine rings is 1. The second-order valence-corrected chi connectivity index (χ2v) is 6.62. The van der Waals surface area contributed by atoms with Crippen molar-refractivity contribution in [1.82, 2.24) is 14.8 Å². The average molecular weight is 350 g/mol. The molecule has 1 N–H and O–H groups in total. The maximum absolute atomic E-state index is 13.6. The predicted octanol–water partition coefficient (Wildman–Crippen LogP) is 3.53. The van der Waals surface area contributed by atoms with Gasteiger partial charge in [-0.25, -0.2) is 4.39 Å². The molecule has 0 radical (unpaired) electrons. The Bertz CT molecular complexity index is 918. The minimum atomic E-state index is -0.660. The van der Waals surface area contributed by atoms with Crippen LogP contribution in [-0.4, -0.2) is 20.7 Å². The van der Waals surface area contributed by atoms with Crippen LogP contribution < -0.4 is 5.32 Å². The topological polar surface area (TPSA) is 59.8 Å². The summed E-state index contributed by atoms with van der Waals surface area (Å²) in [5, 5.41) is 7.29. The van der Waals surface area contributed by atoms with E-state index in [4.69, 9.17) is 0 Å². The van der Waals surface area contributed by atoms with Crippen LogP contribution in [0.25, 0.3) is 0 Å². The Morgan fingerprint density at radius 1 is 1.19 bits per heavy atom. The van der Waals surface area contributed by atoms with Crippen LogP contribution in [0.1, 0.15) is 30.5 Å². The SMILES string of the molecule is O=C(Nc1ccn(Cc2ccccn2)n1)C1(c2cccc(F)c2)CCC1. The molecule has 5 nitrogen and oxygen atoms in total. The minimum absolute atomic E-state index is 0.127. The van der Waals surface area contributed by atoms with Gasteiger partial charge in [-0.15, -0.1) is 0 Å². The van der Waals surface area contributed by atoms with E-state index in [9.17, 15) is 9.18 Å². The first-order valence-electron chi connectivity index (χ1n) is 8.67. The first kappa shape index (κ1) is 16.4. The number of carbonyl (C=O) groups excluding carboxylic acids is 1. The molecule has 2 aromatic heterocycles. The molecule has 132 valence electrons. The van der Waals surface area contributed by atoms with Gasteiger partial charge >= 0.3 is 0 Å². The molecule has 1 fully saturated rings. The first-order chi connectivity index (χ1) is 12.7. The number of benzene rings is 1. The van der Waals surface area contributed by atoms with Gasteiger partial charge in [0.2, 0.25) is 5.91 Å². The summed E-state index contributed by atoms with van der Waals surface area (Å²) in [5.74, 6) is 0.0484. The van der Waals surface area contributed by atoms with Crippen molar-refractivity contribution in [2.75, 3.05) is 5.32 Å². The van der Waals surface area contributed by atoms with Crippen molar-refractivity contribution in [1.29, 1.82) is 0 Å². The summed E-state index contributed by atoms with van der Waals surface area (Å²) in [7, 11) is 0. The van der Waals surface area contributed by atoms with Crippen LogP contribution in [-0.2, 0) is 16.8 Å². The van der Waals surface area contributed by atoms with Crippen LogP contribution in [0.3, 0.4) is 0 Å². The molecule has 3 aromatic rings. The van der Waals surface area contributed by atoms with Crippen LogP contribution in [0, 0.1) is 5.82 Å². The quantitative estimate of drug-likeness (QED) is 0.766. The third kappa shape index (κ3) is 3.10. The van der Waals surface area contributed by atoms with E-state index in [1.54, 1.807) is 29.2 Å². The lowest BCUT2D eigenvalue weighted by Gasteiger charge is -2.40. The minimum Gasteiger partial charge on any atom is -0.308 e. The predicted molar refractivity (Wildman–Crippen MR) is 96.1 cm³/mol. The fourth-order valence-corrected chi connectivity index (χ4v) is 3.37. The summed E-state index contributed by atoms with van der Waals surface area (Å²) >= 11 is 0. The molecule has 0 bridgehead atoms. The Morgan fingerprint density at radius 2 is 2.08 bits per heavy atom. The molecule has 0 atom stereocenters. The van der Waals surface area contributed by atoms with Crippen molar-refractivity contribution in [2.24, 2.45) is 0 Å². The molecular formula is C20H19FN4O. The number of nitrogens with zero attached hydrogens (tertiary/aromatic N) is 3. The van der Waals surface area contributed by atoms with Crippen LogP contribution in [0.15, 0.2) is 60.9 Å². The third-order valence-corrected chi connectivity index (χ3v) is 4.95. The number of hydrogen-bond acceptors (Lipinski definition) is 3. The zero-order chi connectivity index (χ0) is 18.0. The molecule has 1 aliphatic carbocycles. The number of carbonyl (C=O) groups is 1. The summed E-state index contributed by atoms with van der Waals surface area (Å²) in [4.78, 5) is 17.2. The van der Waals surface area contributed by atoms with Gasteiger partial charge in [0.05, 0.1) is 17.7 Å². The van der Waals surface area contributed by atoms with Crippen LogP contribution in [0.4, 0.5) is 10.2 Å². The van der Waals surface area contributed by atoms with Gasteiger partial charge in [0.15, 0.2) is 5.82 Å². The molecule has 1 saturated carbocycles. The molecule has 26 heavy (non-hydrogen) atoms. The highest BCUT2D eigenvalue weighted by Crippen LogP contribution is 2.44. The van der Waals surface area contributed by atoms with E-state index in [1.165, 1.54) is 12.1 Å². The Kier molecular flexibility index (Phi) is 4.24. The lowest BCUT2D eigenvalue weighted by molar-refractivity contribution is -0.124. The summed E-state index contributed by atoms with van der Waals surface area (Å²) in [5.41, 5.74) is 0.963. The lowest BCUT2D eigenvalue weighted by atomic mass is 9.64. The van der Waals surface area contributed by atoms with E-state index in [0.29, 0.717) is 12.4 Å². The standard InChI is InChI=1S/C20H19FN4O/c21-16-6-3-5-15(13-16)20(9-4-10-20)19(26)23-18-8-12-25(24-18)14-17-7-1-2-11-22-17/h1-3,5-8,11-13H,4,9-10,14H2,(H,23,24,26). The van der Waals surface area contributed by atoms with Gasteiger partial charge in [0.1, 0.15) is 5.82 Å². The normalized spacial score (nSPS) is 15.3. The van der Waals surface area contributed by atoms with E-state index in [2.05, 4.69) is 15.4 Å². The summed E-state index contributed by atoms with van der Waals surface area (Å²) in [6.07, 6.45) is 5.94. The van der Waals surface area contributed by atoms with Crippen LogP contribution in [0.2, 0.25) is 0 Å². The van der Waals surface area contributed by atoms with Gasteiger partial charge in [0.25, 0.3) is 0 Å². The highest BCUT2D eigenvalue weighted by Gasteiger charge is 2.45. The summed E-state index contributed by atoms with van der Waals surface area (Å²) < 4.78 is 15.3. The largest absolute Gasteiger partial charge is 0.308 e. The fraction of sp³-hybridized carbons (Fsp3) is 0.250. The highest BCUT2D eigenvalue weighted by molar-refractivity contribution is 5.99. The van der Waals surface area contributed by atoms with Crippen molar-refractivity contribution < 1.29 is 9.18 Å². The Labute approximate surface area is 150 Å². The van der Waals surface area contributed by atoms with Crippen LogP contribution in [0.5, 0.6) is 0 Å². The molecule has 1 amide bonds. The fourth-order valence-electron chi connectivity index (χ4n) is 3.37. The lowest BCUT2D eigenvalue weighted by Crippen LogP contribution is -2.46. The Morgan fingerprint density at radius 3 is 2.77 bits per heavy atom. The van der Waals surface area contributed by atoms with E-state index in [-0.39, 0.29) is 11.7 Å². The zero-order valence-electron chi connectivity index (χ0n) is 14.2. The van der Waals surface area contributed by atoms with Gasteiger partial charge < -0.3 is 5.32 Å². The third-order valence-electron chi connectivity index (χ3n) is 4.95. The molecule has 2 heterocycles. The highest BCUT2D eigenvalue weighted by atomic mass is 19.1. The number of rotatable bonds is 5. The van der Waals surface area contributed by atoms with Crippen molar-refractivity contribution in [2.45, 2.75) is 31.2 Å². The number of nitrogens with one attached hydrogen (secondary N) is 1. The smallest absolute Gasteiger partial charge is 0.236 e. The molecule has 6 heteroatoms. The maximum Gasteiger partial charge on any atom is 0.236 e. The molecule has 1 aliphatic rings. The number of aromatic nitrogens is 3. The monoisotopic (exact) mass is 350 g/mol. The average Bonchev–Trinajstić information content (AvgIpc) is 3.02. The molecule has 0 spiro atoms. The molecule has 0 aliphatic heterocycles. The summed E-state index contributed by atoms with van der Waals surface area (Å²) in [6.45, 7) is 0.533. The second kappa shape index (κ2) is 6.71. The molecule has 0 saturated heterocycles. The van der Waals surface area contributed by atoms with E-state index in [1.807, 2.05) is 24.3 Å². The first-order valence-corrected chi connectivity index (χ1v) is 8.67. The molecular weight excluding hydrogens is 331 g/mol. The van der Waals surface area contributed by atoms with Crippen LogP contribution >= 0.6 is 0 Å². The second-order valence-electron chi connectivity index (χ2n) is 6.62. The Hall–Kier alpha value is -3.02. The Balaban J connectivity index is 1.49. The summed E-state index contributed by atoms with van der Waals surface area (Å²) in [6, 6.07) is 13.8. The van der Waals surface area contributed by atoms with Crippen molar-refractivity contribution in [3.63, 3.8) is 0 Å². The number of halogens is 1. The van der Waals surface area contributed by atoms with Crippen molar-refractivity contribution >= 4 is 11.7 Å². The van der Waals surface area contributed by atoms with Gasteiger partial charge in [-0.1, -0.05) is 24.6 Å². The number of anilines is 1. The molecule has 0 unspecified atom stereocenters. The molecule has 4 rings (SSSR count). The van der Waals surface area contributed by atoms with Gasteiger partial charge in [0, 0.05) is 18.5 Å². The van der Waals surface area contributed by atoms with Crippen molar-refractivity contribution in [3.8, 4) is 0 Å². The number of hydrogen-bond donors (Lipinski definition) is 1. The van der Waals surface area contributed by atoms with E-state index < -0.39 is 5.41 Å².